The van der Waals surface area contributed by atoms with Crippen LogP contribution in [-0.2, 0) is 4.79 Å². The van der Waals surface area contributed by atoms with Crippen molar-refractivity contribution >= 4 is 5.97 Å². The Morgan fingerprint density at radius 3 is 3.00 bits per heavy atom. The van der Waals surface area contributed by atoms with Gasteiger partial charge in [0.2, 0.25) is 0 Å². The molecule has 0 aromatic heterocycles. The van der Waals surface area contributed by atoms with Gasteiger partial charge in [0.25, 0.3) is 0 Å². The van der Waals surface area contributed by atoms with Crippen LogP contribution in [0.15, 0.2) is 36.9 Å². The third-order valence-electron chi connectivity index (χ3n) is 1.58. The number of hydrogen-bond acceptors (Lipinski definition) is 2. The van der Waals surface area contributed by atoms with E-state index in [1.807, 2.05) is 0 Å². The molecule has 14 heavy (non-hydrogen) atoms. The van der Waals surface area contributed by atoms with Crippen LogP contribution >= 0.6 is 0 Å². The van der Waals surface area contributed by atoms with Gasteiger partial charge in [0, 0.05) is 12.5 Å². The first kappa shape index (κ1) is 10.4. The van der Waals surface area contributed by atoms with Gasteiger partial charge < -0.3 is 4.74 Å². The molecular formula is C11H11FO2. The van der Waals surface area contributed by atoms with Crippen LogP contribution in [0, 0.1) is 5.82 Å². The third-order valence-corrected chi connectivity index (χ3v) is 1.58. The summed E-state index contributed by atoms with van der Waals surface area (Å²) in [6.07, 6.45) is 2.46. The molecule has 1 aromatic carbocycles. The highest BCUT2D eigenvalue weighted by Gasteiger charge is 2.03. The summed E-state index contributed by atoms with van der Waals surface area (Å²) in [5, 5.41) is 0. The molecule has 74 valence electrons. The summed E-state index contributed by atoms with van der Waals surface area (Å²) in [6.45, 7) is 3.49. The fourth-order valence-electron chi connectivity index (χ4n) is 0.933. The van der Waals surface area contributed by atoms with Crippen molar-refractivity contribution in [3.8, 4) is 5.75 Å². The lowest BCUT2D eigenvalue weighted by atomic mass is 10.3. The highest BCUT2D eigenvalue weighted by Crippen LogP contribution is 2.12. The van der Waals surface area contributed by atoms with Crippen molar-refractivity contribution in [2.75, 3.05) is 0 Å². The molecule has 1 aromatic rings. The Balaban J connectivity index is 2.51. The van der Waals surface area contributed by atoms with E-state index in [9.17, 15) is 9.18 Å². The van der Waals surface area contributed by atoms with E-state index in [1.54, 1.807) is 6.08 Å². The molecule has 3 heteroatoms. The van der Waals surface area contributed by atoms with Crippen molar-refractivity contribution in [1.82, 2.24) is 0 Å². The maximum atomic E-state index is 12.7. The molecule has 2 nitrogen and oxygen atoms in total. The summed E-state index contributed by atoms with van der Waals surface area (Å²) in [7, 11) is 0. The quantitative estimate of drug-likeness (QED) is 0.418. The minimum Gasteiger partial charge on any atom is -0.426 e. The van der Waals surface area contributed by atoms with E-state index in [0.29, 0.717) is 6.42 Å². The second kappa shape index (κ2) is 5.17. The van der Waals surface area contributed by atoms with E-state index >= 15 is 0 Å². The number of esters is 1. The normalized spacial score (nSPS) is 9.50. The molecule has 0 N–H and O–H groups in total. The van der Waals surface area contributed by atoms with Gasteiger partial charge in [0.15, 0.2) is 0 Å². The molecule has 0 spiro atoms. The molecule has 0 radical (unpaired) electrons. The molecule has 0 aliphatic carbocycles. The standard InChI is InChI=1S/C11H11FO2/c1-2-3-7-11(13)14-10-6-4-5-9(12)8-10/h2,4-6,8H,1,3,7H2. The van der Waals surface area contributed by atoms with E-state index in [0.717, 1.165) is 0 Å². The maximum Gasteiger partial charge on any atom is 0.311 e. The molecule has 0 atom stereocenters. The number of halogens is 1. The third kappa shape index (κ3) is 3.39. The van der Waals surface area contributed by atoms with E-state index in [1.165, 1.54) is 24.3 Å². The van der Waals surface area contributed by atoms with Gasteiger partial charge >= 0.3 is 5.97 Å². The Hall–Kier alpha value is -1.64. The van der Waals surface area contributed by atoms with Crippen LogP contribution in [0.1, 0.15) is 12.8 Å². The second-order valence-electron chi connectivity index (χ2n) is 2.76. The topological polar surface area (TPSA) is 26.3 Å². The Morgan fingerprint density at radius 2 is 2.36 bits per heavy atom. The summed E-state index contributed by atoms with van der Waals surface area (Å²) < 4.78 is 17.5. The molecule has 0 aliphatic heterocycles. The molecule has 0 saturated heterocycles. The van der Waals surface area contributed by atoms with Gasteiger partial charge in [-0.25, -0.2) is 4.39 Å². The van der Waals surface area contributed by atoms with Crippen LogP contribution in [-0.4, -0.2) is 5.97 Å². The molecule has 0 saturated carbocycles. The van der Waals surface area contributed by atoms with Crippen molar-refractivity contribution < 1.29 is 13.9 Å². The highest BCUT2D eigenvalue weighted by molar-refractivity contribution is 5.72. The van der Waals surface area contributed by atoms with Gasteiger partial charge in [-0.1, -0.05) is 12.1 Å². The smallest absolute Gasteiger partial charge is 0.311 e. The predicted molar refractivity (Wildman–Crippen MR) is 51.5 cm³/mol. The molecule has 1 rings (SSSR count). The zero-order valence-electron chi connectivity index (χ0n) is 7.70. The van der Waals surface area contributed by atoms with Crippen LogP contribution in [0.3, 0.4) is 0 Å². The first-order valence-electron chi connectivity index (χ1n) is 4.29. The molecule has 0 fully saturated rings. The summed E-state index contributed by atoms with van der Waals surface area (Å²) in [6, 6.07) is 5.49. The SMILES string of the molecule is C=CCCC(=O)Oc1cccc(F)c1. The lowest BCUT2D eigenvalue weighted by Gasteiger charge is -2.02. The zero-order chi connectivity index (χ0) is 10.4. The van der Waals surface area contributed by atoms with Crippen LogP contribution in [0.4, 0.5) is 4.39 Å². The fraction of sp³-hybridized carbons (Fsp3) is 0.182. The molecular weight excluding hydrogens is 183 g/mol. The van der Waals surface area contributed by atoms with Gasteiger partial charge in [-0.3, -0.25) is 4.79 Å². The van der Waals surface area contributed by atoms with Gasteiger partial charge in [0.05, 0.1) is 0 Å². The van der Waals surface area contributed by atoms with Crippen molar-refractivity contribution in [1.29, 1.82) is 0 Å². The molecule has 0 bridgehead atoms. The number of carbonyl (C=O) groups excluding carboxylic acids is 1. The van der Waals surface area contributed by atoms with Gasteiger partial charge in [-0.2, -0.15) is 0 Å². The highest BCUT2D eigenvalue weighted by atomic mass is 19.1. The lowest BCUT2D eigenvalue weighted by molar-refractivity contribution is -0.134. The Morgan fingerprint density at radius 1 is 1.57 bits per heavy atom. The predicted octanol–water partition coefficient (Wildman–Crippen LogP) is 2.70. The molecule has 0 amide bonds. The Labute approximate surface area is 82.0 Å². The van der Waals surface area contributed by atoms with E-state index in [-0.39, 0.29) is 18.1 Å². The zero-order valence-corrected chi connectivity index (χ0v) is 7.70. The first-order valence-corrected chi connectivity index (χ1v) is 4.29. The van der Waals surface area contributed by atoms with Gasteiger partial charge in [0.1, 0.15) is 11.6 Å². The van der Waals surface area contributed by atoms with Gasteiger partial charge in [-0.05, 0) is 18.6 Å². The summed E-state index contributed by atoms with van der Waals surface area (Å²) >= 11 is 0. The number of allylic oxidation sites excluding steroid dienone is 1. The average molecular weight is 194 g/mol. The van der Waals surface area contributed by atoms with Crippen LogP contribution in [0.2, 0.25) is 0 Å². The number of ether oxygens (including phenoxy) is 1. The monoisotopic (exact) mass is 194 g/mol. The van der Waals surface area contributed by atoms with E-state index < -0.39 is 5.82 Å². The van der Waals surface area contributed by atoms with Crippen LogP contribution in [0.5, 0.6) is 5.75 Å². The van der Waals surface area contributed by atoms with Crippen LogP contribution < -0.4 is 4.74 Å². The lowest BCUT2D eigenvalue weighted by Crippen LogP contribution is -2.06. The molecule has 0 unspecified atom stereocenters. The number of benzene rings is 1. The summed E-state index contributed by atoms with van der Waals surface area (Å²) in [5.74, 6) is -0.561. The Kier molecular flexibility index (Phi) is 3.85. The second-order valence-corrected chi connectivity index (χ2v) is 2.76. The summed E-state index contributed by atoms with van der Waals surface area (Å²) in [5.41, 5.74) is 0. The van der Waals surface area contributed by atoms with Crippen molar-refractivity contribution in [3.05, 3.63) is 42.7 Å². The van der Waals surface area contributed by atoms with E-state index in [2.05, 4.69) is 6.58 Å². The van der Waals surface area contributed by atoms with Gasteiger partial charge in [-0.15, -0.1) is 6.58 Å². The summed E-state index contributed by atoms with van der Waals surface area (Å²) in [4.78, 5) is 11.1. The maximum absolute atomic E-state index is 12.7. The Bertz CT molecular complexity index is 334. The average Bonchev–Trinajstić information content (AvgIpc) is 2.15. The fourth-order valence-corrected chi connectivity index (χ4v) is 0.933. The van der Waals surface area contributed by atoms with E-state index in [4.69, 9.17) is 4.74 Å². The number of hydrogen-bond donors (Lipinski definition) is 0. The minimum atomic E-state index is -0.418. The molecule has 0 heterocycles. The van der Waals surface area contributed by atoms with Crippen molar-refractivity contribution in [2.24, 2.45) is 0 Å². The number of rotatable bonds is 4. The molecule has 0 aliphatic rings. The van der Waals surface area contributed by atoms with Crippen LogP contribution in [0.25, 0.3) is 0 Å². The minimum absolute atomic E-state index is 0.235. The first-order chi connectivity index (χ1) is 6.72. The largest absolute Gasteiger partial charge is 0.426 e. The van der Waals surface area contributed by atoms with Crippen molar-refractivity contribution in [2.45, 2.75) is 12.8 Å². The number of carbonyl (C=O) groups is 1. The van der Waals surface area contributed by atoms with Crippen molar-refractivity contribution in [3.63, 3.8) is 0 Å².